The third-order valence-electron chi connectivity index (χ3n) is 1.25. The summed E-state index contributed by atoms with van der Waals surface area (Å²) in [6.07, 6.45) is 2.25. The third kappa shape index (κ3) is 27.1. The van der Waals surface area contributed by atoms with Crippen molar-refractivity contribution in [2.24, 2.45) is 0 Å². The Kier molecular flexibility index (Phi) is 17.9. The van der Waals surface area contributed by atoms with Crippen molar-refractivity contribution in [3.8, 4) is 5.75 Å². The molecule has 1 aromatic rings. The summed E-state index contributed by atoms with van der Waals surface area (Å²) in [5.74, 6) is 0.383. The zero-order valence-corrected chi connectivity index (χ0v) is 12.4. The molecule has 0 aromatic heterocycles. The highest BCUT2D eigenvalue weighted by Crippen LogP contribution is 2.37. The van der Waals surface area contributed by atoms with E-state index in [2.05, 4.69) is 11.8 Å². The average molecular weight is 333 g/mol. The van der Waals surface area contributed by atoms with Crippen LogP contribution in [-0.2, 0) is 26.2 Å². The van der Waals surface area contributed by atoms with E-state index < -0.39 is 6.72 Å². The van der Waals surface area contributed by atoms with Gasteiger partial charge in [-0.2, -0.15) is 0 Å². The summed E-state index contributed by atoms with van der Waals surface area (Å²) < 4.78 is 4.69. The maximum Gasteiger partial charge on any atom is 0.375 e. The number of isocyanates is 3. The SMILES string of the molecule is Cc1ccc(OP(O)(O)=S)cc1.N=C=O.N=C=O.N=C=O. The molecule has 1 rings (SSSR count). The standard InChI is InChI=1S/C7H9O3PS.3CHNO/c1-6-2-4-7(5-3-6)10-11(8,9)12;3*2-1-3/h2-5H,1H3,(H2,8,9,12);3*2H. The second kappa shape index (κ2) is 15.8. The van der Waals surface area contributed by atoms with E-state index in [9.17, 15) is 0 Å². The Bertz CT molecular complexity index is 510. The van der Waals surface area contributed by atoms with Gasteiger partial charge in [0.1, 0.15) is 5.75 Å². The summed E-state index contributed by atoms with van der Waals surface area (Å²) in [6, 6.07) is 6.90. The van der Waals surface area contributed by atoms with Crippen LogP contribution >= 0.6 is 6.72 Å². The van der Waals surface area contributed by atoms with Crippen LogP contribution in [0.5, 0.6) is 5.75 Å². The van der Waals surface area contributed by atoms with Crippen molar-refractivity contribution in [1.29, 1.82) is 16.2 Å². The molecule has 0 atom stereocenters. The molecule has 0 amide bonds. The number of aryl methyl sites for hydroxylation is 1. The first kappa shape index (κ1) is 23.8. The monoisotopic (exact) mass is 333 g/mol. The molecule has 0 fully saturated rings. The molecule has 0 saturated carbocycles. The van der Waals surface area contributed by atoms with E-state index in [4.69, 9.17) is 44.9 Å². The fraction of sp³-hybridized carbons (Fsp3) is 0.100. The van der Waals surface area contributed by atoms with Crippen LogP contribution in [0.15, 0.2) is 24.3 Å². The van der Waals surface area contributed by atoms with Gasteiger partial charge in [-0.15, -0.1) is 0 Å². The van der Waals surface area contributed by atoms with Crippen molar-refractivity contribution in [3.63, 3.8) is 0 Å². The molecule has 0 spiro atoms. The highest BCUT2D eigenvalue weighted by molar-refractivity contribution is 8.06. The smallest absolute Gasteiger partial charge is 0.375 e. The lowest BCUT2D eigenvalue weighted by molar-refractivity contribution is 0.370. The highest BCUT2D eigenvalue weighted by atomic mass is 32.5. The fourth-order valence-corrected chi connectivity index (χ4v) is 1.39. The van der Waals surface area contributed by atoms with Crippen molar-refractivity contribution in [2.75, 3.05) is 0 Å². The van der Waals surface area contributed by atoms with Crippen molar-refractivity contribution < 1.29 is 28.7 Å². The zero-order valence-electron chi connectivity index (χ0n) is 10.7. The van der Waals surface area contributed by atoms with Gasteiger partial charge < -0.3 is 14.3 Å². The fourth-order valence-electron chi connectivity index (χ4n) is 0.736. The van der Waals surface area contributed by atoms with Crippen LogP contribution in [-0.4, -0.2) is 28.0 Å². The van der Waals surface area contributed by atoms with Gasteiger partial charge in [0.05, 0.1) is 0 Å². The average Bonchev–Trinajstić information content (AvgIpc) is 2.33. The molecule has 0 heterocycles. The molecule has 21 heavy (non-hydrogen) atoms. The molecule has 0 saturated heterocycles. The Labute approximate surface area is 125 Å². The molecule has 0 unspecified atom stereocenters. The molecule has 1 aromatic carbocycles. The van der Waals surface area contributed by atoms with E-state index in [1.807, 2.05) is 6.92 Å². The number of hydrogen-bond donors (Lipinski definition) is 5. The largest absolute Gasteiger partial charge is 0.424 e. The lowest BCUT2D eigenvalue weighted by atomic mass is 10.2. The Morgan fingerprint density at radius 3 is 1.52 bits per heavy atom. The Hall–Kier alpha value is -2.27. The minimum atomic E-state index is -3.57. The first-order valence-corrected chi connectivity index (χ1v) is 7.28. The van der Waals surface area contributed by atoms with Crippen molar-refractivity contribution in [1.82, 2.24) is 0 Å². The van der Waals surface area contributed by atoms with Gasteiger partial charge in [-0.25, -0.2) is 30.6 Å². The predicted octanol–water partition coefficient (Wildman–Crippen LogP) is 1.29. The van der Waals surface area contributed by atoms with Crippen molar-refractivity contribution >= 4 is 36.8 Å². The number of hydrogen-bond acceptors (Lipinski definition) is 8. The first-order chi connectivity index (χ1) is 9.71. The number of carbonyl (C=O) groups excluding carboxylic acids is 3. The van der Waals surface area contributed by atoms with Crippen LogP contribution < -0.4 is 4.52 Å². The van der Waals surface area contributed by atoms with E-state index in [0.29, 0.717) is 5.75 Å². The van der Waals surface area contributed by atoms with E-state index in [1.165, 1.54) is 0 Å². The number of nitrogens with one attached hydrogen (secondary N) is 3. The molecule has 0 aliphatic carbocycles. The quantitative estimate of drug-likeness (QED) is 0.308. The van der Waals surface area contributed by atoms with Gasteiger partial charge >= 0.3 is 6.72 Å². The zero-order chi connectivity index (χ0) is 17.3. The van der Waals surface area contributed by atoms with Gasteiger partial charge in [0.2, 0.25) is 18.2 Å². The summed E-state index contributed by atoms with van der Waals surface area (Å²) in [5.41, 5.74) is 1.08. The van der Waals surface area contributed by atoms with Gasteiger partial charge in [0, 0.05) is 11.8 Å². The van der Waals surface area contributed by atoms with Crippen molar-refractivity contribution in [3.05, 3.63) is 29.8 Å². The molecular weight excluding hydrogens is 321 g/mol. The third-order valence-corrected chi connectivity index (χ3v) is 1.92. The lowest BCUT2D eigenvalue weighted by Crippen LogP contribution is -1.89. The van der Waals surface area contributed by atoms with Crippen LogP contribution in [0.1, 0.15) is 5.56 Å². The van der Waals surface area contributed by atoms with Crippen LogP contribution in [0.4, 0.5) is 0 Å². The summed E-state index contributed by atoms with van der Waals surface area (Å²) in [5, 5.41) is 16.2. The van der Waals surface area contributed by atoms with Crippen LogP contribution in [0, 0.1) is 23.2 Å². The Morgan fingerprint density at radius 1 is 1.00 bits per heavy atom. The van der Waals surface area contributed by atoms with Gasteiger partial charge in [-0.1, -0.05) is 17.7 Å². The molecular formula is C10H12N3O6PS. The van der Waals surface area contributed by atoms with Gasteiger partial charge in [-0.3, -0.25) is 0 Å². The van der Waals surface area contributed by atoms with Crippen LogP contribution in [0.2, 0.25) is 0 Å². The minimum absolute atomic E-state index is 0.383. The van der Waals surface area contributed by atoms with Gasteiger partial charge in [-0.05, 0) is 19.1 Å². The molecule has 0 radical (unpaired) electrons. The first-order valence-electron chi connectivity index (χ1n) is 4.65. The second-order valence-electron chi connectivity index (χ2n) is 2.70. The summed E-state index contributed by atoms with van der Waals surface area (Å²) in [7, 11) is 0. The Balaban J connectivity index is -0.000000300. The number of rotatable bonds is 2. The van der Waals surface area contributed by atoms with Crippen LogP contribution in [0.25, 0.3) is 0 Å². The molecule has 0 aliphatic rings. The highest BCUT2D eigenvalue weighted by Gasteiger charge is 2.08. The van der Waals surface area contributed by atoms with E-state index in [-0.39, 0.29) is 0 Å². The molecule has 0 bridgehead atoms. The summed E-state index contributed by atoms with van der Waals surface area (Å²) in [4.78, 5) is 42.6. The van der Waals surface area contributed by atoms with Gasteiger partial charge in [0.25, 0.3) is 0 Å². The maximum atomic E-state index is 8.80. The Morgan fingerprint density at radius 2 is 1.29 bits per heavy atom. The van der Waals surface area contributed by atoms with E-state index >= 15 is 0 Å². The molecule has 11 heteroatoms. The topological polar surface area (TPSA) is 172 Å². The van der Waals surface area contributed by atoms with Crippen molar-refractivity contribution in [2.45, 2.75) is 6.92 Å². The van der Waals surface area contributed by atoms with E-state index in [0.717, 1.165) is 23.8 Å². The molecule has 5 N–H and O–H groups in total. The predicted molar refractivity (Wildman–Crippen MR) is 75.8 cm³/mol. The normalized spacial score (nSPS) is 7.57. The number of benzene rings is 1. The van der Waals surface area contributed by atoms with E-state index in [1.54, 1.807) is 24.3 Å². The lowest BCUT2D eigenvalue weighted by Gasteiger charge is -2.09. The minimum Gasteiger partial charge on any atom is -0.424 e. The van der Waals surface area contributed by atoms with Gasteiger partial charge in [0.15, 0.2) is 0 Å². The second-order valence-corrected chi connectivity index (χ2v) is 5.29. The summed E-state index contributed by atoms with van der Waals surface area (Å²) >= 11 is 4.30. The molecule has 114 valence electrons. The van der Waals surface area contributed by atoms with Crippen LogP contribution in [0.3, 0.4) is 0 Å². The molecule has 9 nitrogen and oxygen atoms in total. The maximum absolute atomic E-state index is 8.80. The summed E-state index contributed by atoms with van der Waals surface area (Å²) in [6.45, 7) is -1.64. The molecule has 0 aliphatic heterocycles.